The summed E-state index contributed by atoms with van der Waals surface area (Å²) in [5.74, 6) is 2.35. The predicted octanol–water partition coefficient (Wildman–Crippen LogP) is 3.71. The molecule has 0 aliphatic carbocycles. The summed E-state index contributed by atoms with van der Waals surface area (Å²) in [5.41, 5.74) is 0.632. The molecule has 1 aromatic rings. The van der Waals surface area contributed by atoms with Crippen molar-refractivity contribution < 1.29 is 14.6 Å². The van der Waals surface area contributed by atoms with Crippen LogP contribution < -0.4 is 4.74 Å². The van der Waals surface area contributed by atoms with Gasteiger partial charge in [0.25, 0.3) is 0 Å². The van der Waals surface area contributed by atoms with Gasteiger partial charge in [0, 0.05) is 11.2 Å². The van der Waals surface area contributed by atoms with Gasteiger partial charge in [-0.3, -0.25) is 4.79 Å². The molecule has 1 unspecified atom stereocenters. The zero-order valence-corrected chi connectivity index (χ0v) is 12.9. The summed E-state index contributed by atoms with van der Waals surface area (Å²) in [7, 11) is 0. The van der Waals surface area contributed by atoms with E-state index in [1.807, 2.05) is 49.9 Å². The number of carbonyl (C=O) groups is 1. The van der Waals surface area contributed by atoms with Crippen molar-refractivity contribution in [2.24, 2.45) is 0 Å². The summed E-state index contributed by atoms with van der Waals surface area (Å²) < 4.78 is 6.03. The van der Waals surface area contributed by atoms with Gasteiger partial charge in [0.05, 0.1) is 6.42 Å². The lowest BCUT2D eigenvalue weighted by Crippen LogP contribution is -2.24. The number of rotatable bonds is 5. The quantitative estimate of drug-likeness (QED) is 0.899. The minimum absolute atomic E-state index is 0.121. The van der Waals surface area contributed by atoms with Crippen LogP contribution in [0.25, 0.3) is 0 Å². The van der Waals surface area contributed by atoms with Crippen LogP contribution in [0.3, 0.4) is 0 Å². The van der Waals surface area contributed by atoms with E-state index in [1.165, 1.54) is 12.2 Å². The molecule has 1 aromatic carbocycles. The van der Waals surface area contributed by atoms with Gasteiger partial charge >= 0.3 is 5.97 Å². The molecule has 1 aliphatic heterocycles. The van der Waals surface area contributed by atoms with Gasteiger partial charge in [-0.1, -0.05) is 26.0 Å². The minimum Gasteiger partial charge on any atom is -0.490 e. The van der Waals surface area contributed by atoms with Crippen LogP contribution in [0.2, 0.25) is 0 Å². The first-order valence-corrected chi connectivity index (χ1v) is 8.19. The fourth-order valence-electron chi connectivity index (χ4n) is 2.47. The molecular weight excluding hydrogens is 272 g/mol. The molecule has 1 saturated heterocycles. The molecule has 1 aliphatic rings. The number of carboxylic acids is 1. The van der Waals surface area contributed by atoms with Crippen molar-refractivity contribution in [3.8, 4) is 5.75 Å². The Kier molecular flexibility index (Phi) is 4.97. The molecule has 0 amide bonds. The molecule has 1 N–H and O–H groups in total. The van der Waals surface area contributed by atoms with Gasteiger partial charge in [0.1, 0.15) is 11.9 Å². The topological polar surface area (TPSA) is 46.5 Å². The first-order valence-electron chi connectivity index (χ1n) is 7.04. The molecular formula is C16H22O3S. The molecule has 0 saturated carbocycles. The van der Waals surface area contributed by atoms with Crippen LogP contribution in [-0.4, -0.2) is 28.7 Å². The van der Waals surface area contributed by atoms with Crippen LogP contribution in [0.5, 0.6) is 5.75 Å². The van der Waals surface area contributed by atoms with Gasteiger partial charge in [-0.15, -0.1) is 0 Å². The summed E-state index contributed by atoms with van der Waals surface area (Å²) in [6.45, 7) is 3.91. The second kappa shape index (κ2) is 6.53. The zero-order valence-electron chi connectivity index (χ0n) is 12.1. The largest absolute Gasteiger partial charge is 0.490 e. The van der Waals surface area contributed by atoms with E-state index in [2.05, 4.69) is 0 Å². The van der Waals surface area contributed by atoms with Gasteiger partial charge in [0.15, 0.2) is 0 Å². The Morgan fingerprint density at radius 1 is 1.50 bits per heavy atom. The number of benzene rings is 1. The lowest BCUT2D eigenvalue weighted by atomic mass is 9.81. The van der Waals surface area contributed by atoms with Crippen LogP contribution >= 0.6 is 11.8 Å². The van der Waals surface area contributed by atoms with E-state index >= 15 is 0 Å². The molecule has 0 aromatic heterocycles. The fraction of sp³-hybridized carbons (Fsp3) is 0.562. The molecule has 1 fully saturated rings. The number of hydrogen-bond donors (Lipinski definition) is 1. The maximum atomic E-state index is 11.0. The van der Waals surface area contributed by atoms with Gasteiger partial charge in [-0.2, -0.15) is 11.8 Å². The predicted molar refractivity (Wildman–Crippen MR) is 82.7 cm³/mol. The Bertz CT molecular complexity index is 465. The van der Waals surface area contributed by atoms with Crippen LogP contribution in [0, 0.1) is 0 Å². The molecule has 3 nitrogen and oxygen atoms in total. The van der Waals surface area contributed by atoms with Crippen molar-refractivity contribution in [2.75, 3.05) is 11.5 Å². The number of hydrogen-bond acceptors (Lipinski definition) is 3. The molecule has 1 atom stereocenters. The molecule has 110 valence electrons. The second-order valence-electron chi connectivity index (χ2n) is 5.94. The molecule has 0 bridgehead atoms. The lowest BCUT2D eigenvalue weighted by Gasteiger charge is -2.26. The standard InChI is InChI=1S/C16H22O3S/c1-16(2,10-15(17)18)12-5-3-6-13(9-12)19-14-7-4-8-20-11-14/h3,5-6,9,14H,4,7-8,10-11H2,1-2H3,(H,17,18). The maximum absolute atomic E-state index is 11.0. The Balaban J connectivity index is 2.08. The molecule has 4 heteroatoms. The van der Waals surface area contributed by atoms with Gasteiger partial charge in [-0.05, 0) is 36.3 Å². The van der Waals surface area contributed by atoms with E-state index in [4.69, 9.17) is 9.84 Å². The first-order chi connectivity index (χ1) is 9.47. The maximum Gasteiger partial charge on any atom is 0.304 e. The van der Waals surface area contributed by atoms with E-state index in [9.17, 15) is 4.79 Å². The zero-order chi connectivity index (χ0) is 14.6. The lowest BCUT2D eigenvalue weighted by molar-refractivity contribution is -0.138. The van der Waals surface area contributed by atoms with Crippen molar-refractivity contribution in [3.05, 3.63) is 29.8 Å². The third kappa shape index (κ3) is 4.17. The average molecular weight is 294 g/mol. The smallest absolute Gasteiger partial charge is 0.304 e. The first kappa shape index (κ1) is 15.2. The Morgan fingerprint density at radius 3 is 2.95 bits per heavy atom. The highest BCUT2D eigenvalue weighted by Gasteiger charge is 2.25. The normalized spacial score (nSPS) is 19.6. The van der Waals surface area contributed by atoms with Crippen molar-refractivity contribution >= 4 is 17.7 Å². The second-order valence-corrected chi connectivity index (χ2v) is 7.09. The van der Waals surface area contributed by atoms with Gasteiger partial charge < -0.3 is 9.84 Å². The molecule has 0 spiro atoms. The highest BCUT2D eigenvalue weighted by atomic mass is 32.2. The summed E-state index contributed by atoms with van der Waals surface area (Å²) in [6.07, 6.45) is 2.72. The Hall–Kier alpha value is -1.16. The van der Waals surface area contributed by atoms with E-state index in [1.54, 1.807) is 0 Å². The van der Waals surface area contributed by atoms with E-state index in [0.717, 1.165) is 23.5 Å². The Morgan fingerprint density at radius 2 is 2.30 bits per heavy atom. The van der Waals surface area contributed by atoms with Crippen LogP contribution in [0.1, 0.15) is 38.7 Å². The highest BCUT2D eigenvalue weighted by Crippen LogP contribution is 2.30. The van der Waals surface area contributed by atoms with Gasteiger partial charge in [0.2, 0.25) is 0 Å². The Labute approximate surface area is 124 Å². The monoisotopic (exact) mass is 294 g/mol. The SMILES string of the molecule is CC(C)(CC(=O)O)c1cccc(OC2CCCSC2)c1. The van der Waals surface area contributed by atoms with Crippen LogP contribution in [-0.2, 0) is 10.2 Å². The van der Waals surface area contributed by atoms with Crippen molar-refractivity contribution in [1.29, 1.82) is 0 Å². The fourth-order valence-corrected chi connectivity index (χ4v) is 3.50. The van der Waals surface area contributed by atoms with Crippen molar-refractivity contribution in [3.63, 3.8) is 0 Å². The van der Waals surface area contributed by atoms with E-state index < -0.39 is 5.97 Å². The number of aliphatic carboxylic acids is 1. The van der Waals surface area contributed by atoms with Crippen molar-refractivity contribution in [2.45, 2.75) is 44.6 Å². The molecule has 20 heavy (non-hydrogen) atoms. The highest BCUT2D eigenvalue weighted by molar-refractivity contribution is 7.99. The molecule has 1 heterocycles. The van der Waals surface area contributed by atoms with E-state index in [0.29, 0.717) is 0 Å². The molecule has 0 radical (unpaired) electrons. The third-order valence-corrected chi connectivity index (χ3v) is 4.81. The summed E-state index contributed by atoms with van der Waals surface area (Å²) >= 11 is 1.94. The average Bonchev–Trinajstić information content (AvgIpc) is 2.39. The summed E-state index contributed by atoms with van der Waals surface area (Å²) in [5, 5.41) is 9.01. The summed E-state index contributed by atoms with van der Waals surface area (Å²) in [6, 6.07) is 7.87. The third-order valence-electron chi connectivity index (χ3n) is 3.63. The minimum atomic E-state index is -0.773. The van der Waals surface area contributed by atoms with Crippen molar-refractivity contribution in [1.82, 2.24) is 0 Å². The van der Waals surface area contributed by atoms with E-state index in [-0.39, 0.29) is 17.9 Å². The number of thioether (sulfide) groups is 1. The summed E-state index contributed by atoms with van der Waals surface area (Å²) in [4.78, 5) is 11.0. The number of carboxylic acid groups (broad SMARTS) is 1. The van der Waals surface area contributed by atoms with Crippen LogP contribution in [0.4, 0.5) is 0 Å². The van der Waals surface area contributed by atoms with Crippen LogP contribution in [0.15, 0.2) is 24.3 Å². The van der Waals surface area contributed by atoms with Gasteiger partial charge in [-0.25, -0.2) is 0 Å². The number of ether oxygens (including phenoxy) is 1. The molecule has 2 rings (SSSR count).